The predicted molar refractivity (Wildman–Crippen MR) is 59.6 cm³/mol. The van der Waals surface area contributed by atoms with Crippen LogP contribution in [0.2, 0.25) is 5.02 Å². The van der Waals surface area contributed by atoms with Crippen molar-refractivity contribution in [1.82, 2.24) is 0 Å². The molecule has 88 valence electrons. The van der Waals surface area contributed by atoms with E-state index >= 15 is 0 Å². The van der Waals surface area contributed by atoms with E-state index in [4.69, 9.17) is 21.1 Å². The maximum atomic E-state index is 11.4. The molecule has 5 heteroatoms. The number of hydrogen-bond donors (Lipinski definition) is 1. The molecule has 0 spiro atoms. The van der Waals surface area contributed by atoms with E-state index < -0.39 is 12.1 Å². The molecule has 1 unspecified atom stereocenters. The molecule has 0 saturated heterocycles. The zero-order valence-corrected chi connectivity index (χ0v) is 9.82. The fourth-order valence-corrected chi connectivity index (χ4v) is 1.56. The van der Waals surface area contributed by atoms with Crippen LogP contribution >= 0.6 is 11.6 Å². The number of halogens is 1. The molecule has 0 aliphatic heterocycles. The van der Waals surface area contributed by atoms with Gasteiger partial charge in [-0.1, -0.05) is 23.7 Å². The van der Waals surface area contributed by atoms with Crippen LogP contribution in [0.15, 0.2) is 18.2 Å². The van der Waals surface area contributed by atoms with E-state index in [1.807, 2.05) is 0 Å². The number of methoxy groups -OCH3 is 1. The molecule has 0 amide bonds. The van der Waals surface area contributed by atoms with Crippen molar-refractivity contribution in [3.63, 3.8) is 0 Å². The Hall–Kier alpha value is -1.26. The highest BCUT2D eigenvalue weighted by atomic mass is 35.5. The Labute approximate surface area is 98.7 Å². The summed E-state index contributed by atoms with van der Waals surface area (Å²) in [6.45, 7) is 1.87. The molecule has 0 heterocycles. The van der Waals surface area contributed by atoms with E-state index in [2.05, 4.69) is 0 Å². The van der Waals surface area contributed by atoms with Gasteiger partial charge in [0.05, 0.1) is 18.7 Å². The molecule has 1 N–H and O–H groups in total. The smallest absolute Gasteiger partial charge is 0.339 e. The van der Waals surface area contributed by atoms with E-state index in [0.29, 0.717) is 10.6 Å². The first kappa shape index (κ1) is 12.8. The fraction of sp³-hybridized carbons (Fsp3) is 0.364. The van der Waals surface area contributed by atoms with Crippen LogP contribution in [0.1, 0.15) is 18.6 Å². The van der Waals surface area contributed by atoms with Crippen LogP contribution in [-0.2, 0) is 9.53 Å². The van der Waals surface area contributed by atoms with Crippen molar-refractivity contribution >= 4 is 17.6 Å². The molecule has 1 aromatic carbocycles. The van der Waals surface area contributed by atoms with Gasteiger partial charge in [-0.3, -0.25) is 0 Å². The second-order valence-electron chi connectivity index (χ2n) is 3.02. The van der Waals surface area contributed by atoms with Crippen LogP contribution < -0.4 is 4.74 Å². The Kier molecular flexibility index (Phi) is 4.58. The van der Waals surface area contributed by atoms with Crippen molar-refractivity contribution < 1.29 is 19.4 Å². The Balaban J connectivity index is 3.03. The summed E-state index contributed by atoms with van der Waals surface area (Å²) in [5.74, 6) is -0.437. The topological polar surface area (TPSA) is 55.8 Å². The molecule has 0 radical (unpaired) electrons. The fourth-order valence-electron chi connectivity index (χ4n) is 1.30. The maximum absolute atomic E-state index is 11.4. The quantitative estimate of drug-likeness (QED) is 0.823. The Morgan fingerprint density at radius 3 is 2.81 bits per heavy atom. The first-order valence-electron chi connectivity index (χ1n) is 4.78. The van der Waals surface area contributed by atoms with E-state index in [1.165, 1.54) is 7.11 Å². The summed E-state index contributed by atoms with van der Waals surface area (Å²) in [5.41, 5.74) is 0.299. The number of carbonyl (C=O) groups excluding carboxylic acids is 1. The minimum absolute atomic E-state index is 0.207. The molecule has 0 aliphatic carbocycles. The molecule has 0 fully saturated rings. The van der Waals surface area contributed by atoms with Gasteiger partial charge in [0.1, 0.15) is 5.75 Å². The number of esters is 1. The maximum Gasteiger partial charge on any atom is 0.339 e. The Morgan fingerprint density at radius 1 is 1.56 bits per heavy atom. The molecule has 0 saturated carbocycles. The summed E-state index contributed by atoms with van der Waals surface area (Å²) in [4.78, 5) is 11.4. The minimum Gasteiger partial charge on any atom is -0.495 e. The summed E-state index contributed by atoms with van der Waals surface area (Å²) >= 11 is 5.87. The van der Waals surface area contributed by atoms with Gasteiger partial charge in [-0.25, -0.2) is 4.79 Å². The van der Waals surface area contributed by atoms with Gasteiger partial charge >= 0.3 is 5.97 Å². The highest BCUT2D eigenvalue weighted by Crippen LogP contribution is 2.32. The molecule has 1 atom stereocenters. The van der Waals surface area contributed by atoms with Crippen molar-refractivity contribution in [2.45, 2.75) is 13.0 Å². The number of para-hydroxylation sites is 1. The summed E-state index contributed by atoms with van der Waals surface area (Å²) in [7, 11) is 1.42. The zero-order chi connectivity index (χ0) is 12.1. The molecule has 0 aromatic heterocycles. The number of benzene rings is 1. The van der Waals surface area contributed by atoms with Gasteiger partial charge in [-0.05, 0) is 13.0 Å². The van der Waals surface area contributed by atoms with E-state index in [9.17, 15) is 9.90 Å². The van der Waals surface area contributed by atoms with Crippen molar-refractivity contribution in [2.24, 2.45) is 0 Å². The lowest BCUT2D eigenvalue weighted by Crippen LogP contribution is -2.16. The second-order valence-corrected chi connectivity index (χ2v) is 3.42. The third-order valence-corrected chi connectivity index (χ3v) is 2.30. The number of hydrogen-bond acceptors (Lipinski definition) is 4. The molecule has 16 heavy (non-hydrogen) atoms. The summed E-state index contributed by atoms with van der Waals surface area (Å²) in [5, 5.41) is 10.1. The van der Waals surface area contributed by atoms with E-state index in [1.54, 1.807) is 25.1 Å². The van der Waals surface area contributed by atoms with Crippen LogP contribution in [0.5, 0.6) is 5.75 Å². The number of aliphatic hydroxyl groups is 1. The first-order valence-corrected chi connectivity index (χ1v) is 5.16. The zero-order valence-electron chi connectivity index (χ0n) is 9.07. The van der Waals surface area contributed by atoms with Crippen molar-refractivity contribution in [3.8, 4) is 5.75 Å². The third kappa shape index (κ3) is 2.65. The number of aliphatic hydroxyl groups excluding tert-OH is 1. The minimum atomic E-state index is -1.38. The highest BCUT2D eigenvalue weighted by molar-refractivity contribution is 6.32. The van der Waals surface area contributed by atoms with Crippen LogP contribution in [0.25, 0.3) is 0 Å². The molecule has 1 aromatic rings. The molecular formula is C11H13ClO4. The lowest BCUT2D eigenvalue weighted by molar-refractivity contribution is -0.153. The van der Waals surface area contributed by atoms with Crippen molar-refractivity contribution in [2.75, 3.05) is 13.7 Å². The largest absolute Gasteiger partial charge is 0.495 e. The van der Waals surface area contributed by atoms with E-state index in [0.717, 1.165) is 0 Å². The van der Waals surface area contributed by atoms with Crippen molar-refractivity contribution in [3.05, 3.63) is 28.8 Å². The van der Waals surface area contributed by atoms with Gasteiger partial charge in [-0.15, -0.1) is 0 Å². The normalized spacial score (nSPS) is 12.0. The van der Waals surface area contributed by atoms with Gasteiger partial charge in [0.2, 0.25) is 0 Å². The number of ether oxygens (including phenoxy) is 2. The van der Waals surface area contributed by atoms with Gasteiger partial charge < -0.3 is 14.6 Å². The van der Waals surface area contributed by atoms with Gasteiger partial charge in [0.15, 0.2) is 6.10 Å². The predicted octanol–water partition coefficient (Wildman–Crippen LogP) is 1.95. The van der Waals surface area contributed by atoms with Crippen LogP contribution in [0.4, 0.5) is 0 Å². The standard InChI is InChI=1S/C11H13ClO4/c1-3-16-11(14)9(13)7-5-4-6-8(12)10(7)15-2/h4-6,9,13H,3H2,1-2H3. The van der Waals surface area contributed by atoms with Crippen LogP contribution in [-0.4, -0.2) is 24.8 Å². The van der Waals surface area contributed by atoms with Gasteiger partial charge in [0, 0.05) is 5.56 Å². The summed E-state index contributed by atoms with van der Waals surface area (Å²) in [6, 6.07) is 4.80. The van der Waals surface area contributed by atoms with Crippen LogP contribution in [0.3, 0.4) is 0 Å². The summed E-state index contributed by atoms with van der Waals surface area (Å²) < 4.78 is 9.74. The second kappa shape index (κ2) is 5.72. The number of carbonyl (C=O) groups is 1. The molecule has 1 rings (SSSR count). The van der Waals surface area contributed by atoms with Crippen LogP contribution in [0, 0.1) is 0 Å². The average molecular weight is 245 g/mol. The number of rotatable bonds is 4. The average Bonchev–Trinajstić information content (AvgIpc) is 2.28. The Morgan fingerprint density at radius 2 is 2.25 bits per heavy atom. The lowest BCUT2D eigenvalue weighted by atomic mass is 10.1. The van der Waals surface area contributed by atoms with Crippen molar-refractivity contribution in [1.29, 1.82) is 0 Å². The SMILES string of the molecule is CCOC(=O)C(O)c1cccc(Cl)c1OC. The summed E-state index contributed by atoms with van der Waals surface area (Å²) in [6.07, 6.45) is -1.38. The van der Waals surface area contributed by atoms with E-state index in [-0.39, 0.29) is 12.4 Å². The monoisotopic (exact) mass is 244 g/mol. The molecule has 4 nitrogen and oxygen atoms in total. The Bertz CT molecular complexity index is 378. The van der Waals surface area contributed by atoms with Gasteiger partial charge in [-0.2, -0.15) is 0 Å². The highest BCUT2D eigenvalue weighted by Gasteiger charge is 2.23. The molecular weight excluding hydrogens is 232 g/mol. The molecule has 0 aliphatic rings. The lowest BCUT2D eigenvalue weighted by Gasteiger charge is -2.14. The first-order chi connectivity index (χ1) is 7.61. The molecule has 0 bridgehead atoms. The third-order valence-electron chi connectivity index (χ3n) is 2.01. The van der Waals surface area contributed by atoms with Gasteiger partial charge in [0.25, 0.3) is 0 Å².